The van der Waals surface area contributed by atoms with Gasteiger partial charge >= 0.3 is 0 Å². The highest BCUT2D eigenvalue weighted by molar-refractivity contribution is 14.0. The number of rotatable bonds is 4. The molecule has 0 saturated carbocycles. The van der Waals surface area contributed by atoms with Crippen LogP contribution in [0.25, 0.3) is 0 Å². The van der Waals surface area contributed by atoms with Crippen molar-refractivity contribution in [2.45, 2.75) is 33.4 Å². The van der Waals surface area contributed by atoms with Crippen molar-refractivity contribution < 1.29 is 9.50 Å². The van der Waals surface area contributed by atoms with Crippen LogP contribution in [-0.2, 0) is 6.54 Å². The predicted octanol–water partition coefficient (Wildman–Crippen LogP) is 2.61. The standard InChI is InChI=1S/C13H20FN3O.HI/c1-4-15-13(17-9(2)3)16-8-10-5-6-12(18)11(14)7-10;/h5-7,9,18H,4,8H2,1-3H3,(H2,15,16,17);1H. The lowest BCUT2D eigenvalue weighted by Gasteiger charge is -2.13. The fourth-order valence-corrected chi connectivity index (χ4v) is 1.41. The van der Waals surface area contributed by atoms with Crippen LogP contribution in [-0.4, -0.2) is 23.7 Å². The van der Waals surface area contributed by atoms with Crippen molar-refractivity contribution in [2.75, 3.05) is 6.54 Å². The smallest absolute Gasteiger partial charge is 0.191 e. The topological polar surface area (TPSA) is 56.7 Å². The normalized spacial score (nSPS) is 11.1. The lowest BCUT2D eigenvalue weighted by atomic mass is 10.2. The molecule has 0 fully saturated rings. The molecule has 0 unspecified atom stereocenters. The zero-order chi connectivity index (χ0) is 13.5. The van der Waals surface area contributed by atoms with Gasteiger partial charge in [0.1, 0.15) is 0 Å². The third-order valence-corrected chi connectivity index (χ3v) is 2.20. The largest absolute Gasteiger partial charge is 0.505 e. The highest BCUT2D eigenvalue weighted by Crippen LogP contribution is 2.16. The van der Waals surface area contributed by atoms with Gasteiger partial charge in [0.05, 0.1) is 6.54 Å². The van der Waals surface area contributed by atoms with E-state index in [9.17, 15) is 4.39 Å². The number of hydrogen-bond donors (Lipinski definition) is 3. The quantitative estimate of drug-likeness (QED) is 0.427. The molecule has 4 nitrogen and oxygen atoms in total. The molecule has 6 heteroatoms. The Balaban J connectivity index is 0.00000324. The fraction of sp³-hybridized carbons (Fsp3) is 0.462. The van der Waals surface area contributed by atoms with Crippen molar-refractivity contribution in [3.8, 4) is 5.75 Å². The first-order valence-corrected chi connectivity index (χ1v) is 6.05. The molecule has 108 valence electrons. The number of benzene rings is 1. The van der Waals surface area contributed by atoms with Crippen LogP contribution >= 0.6 is 24.0 Å². The Kier molecular flexibility index (Phi) is 8.46. The van der Waals surface area contributed by atoms with Crippen molar-refractivity contribution in [1.82, 2.24) is 10.6 Å². The highest BCUT2D eigenvalue weighted by atomic mass is 127. The van der Waals surface area contributed by atoms with Gasteiger partial charge in [-0.3, -0.25) is 0 Å². The summed E-state index contributed by atoms with van der Waals surface area (Å²) >= 11 is 0. The second kappa shape index (κ2) is 8.95. The molecule has 0 aromatic heterocycles. The molecule has 1 aromatic carbocycles. The first-order valence-electron chi connectivity index (χ1n) is 6.05. The molecule has 0 aliphatic carbocycles. The third kappa shape index (κ3) is 6.60. The first kappa shape index (κ1) is 17.9. The summed E-state index contributed by atoms with van der Waals surface area (Å²) in [6.07, 6.45) is 0. The van der Waals surface area contributed by atoms with Crippen LogP contribution in [0.3, 0.4) is 0 Å². The van der Waals surface area contributed by atoms with E-state index in [2.05, 4.69) is 15.6 Å². The summed E-state index contributed by atoms with van der Waals surface area (Å²) in [5, 5.41) is 15.4. The van der Waals surface area contributed by atoms with Gasteiger partial charge in [-0.05, 0) is 38.5 Å². The Hall–Kier alpha value is -1.05. The van der Waals surface area contributed by atoms with Gasteiger partial charge in [0.15, 0.2) is 17.5 Å². The van der Waals surface area contributed by atoms with E-state index >= 15 is 0 Å². The molecule has 1 aromatic rings. The summed E-state index contributed by atoms with van der Waals surface area (Å²) in [5.74, 6) is -0.263. The monoisotopic (exact) mass is 381 g/mol. The Bertz CT molecular complexity index is 424. The van der Waals surface area contributed by atoms with Gasteiger partial charge in [0.2, 0.25) is 0 Å². The second-order valence-corrected chi connectivity index (χ2v) is 4.28. The summed E-state index contributed by atoms with van der Waals surface area (Å²) in [5.41, 5.74) is 0.714. The third-order valence-electron chi connectivity index (χ3n) is 2.20. The molecule has 0 aliphatic rings. The Morgan fingerprint density at radius 3 is 2.63 bits per heavy atom. The lowest BCUT2D eigenvalue weighted by molar-refractivity contribution is 0.432. The summed E-state index contributed by atoms with van der Waals surface area (Å²) in [6.45, 7) is 7.15. The zero-order valence-corrected chi connectivity index (χ0v) is 13.7. The number of halogens is 2. The van der Waals surface area contributed by atoms with Crippen molar-refractivity contribution in [3.63, 3.8) is 0 Å². The number of aromatic hydroxyl groups is 1. The minimum atomic E-state index is -0.621. The molecule has 0 bridgehead atoms. The van der Waals surface area contributed by atoms with Gasteiger partial charge in [-0.1, -0.05) is 6.07 Å². The number of nitrogens with one attached hydrogen (secondary N) is 2. The number of aliphatic imine (C=N–C) groups is 1. The maximum Gasteiger partial charge on any atom is 0.191 e. The zero-order valence-electron chi connectivity index (χ0n) is 11.4. The molecule has 19 heavy (non-hydrogen) atoms. The van der Waals surface area contributed by atoms with Gasteiger partial charge in [0, 0.05) is 12.6 Å². The SMILES string of the molecule is CCNC(=NCc1ccc(O)c(F)c1)NC(C)C.I. The Labute approximate surface area is 130 Å². The number of phenolic OH excluding ortho intramolecular Hbond substituents is 1. The minimum Gasteiger partial charge on any atom is -0.505 e. The number of hydrogen-bond acceptors (Lipinski definition) is 2. The molecule has 1 rings (SSSR count). The van der Waals surface area contributed by atoms with E-state index in [-0.39, 0.29) is 35.8 Å². The van der Waals surface area contributed by atoms with E-state index in [1.807, 2.05) is 20.8 Å². The Morgan fingerprint density at radius 2 is 2.11 bits per heavy atom. The van der Waals surface area contributed by atoms with Crippen molar-refractivity contribution in [3.05, 3.63) is 29.6 Å². The minimum absolute atomic E-state index is 0. The van der Waals surface area contributed by atoms with E-state index in [0.717, 1.165) is 6.54 Å². The summed E-state index contributed by atoms with van der Waals surface area (Å²) in [4.78, 5) is 4.34. The highest BCUT2D eigenvalue weighted by Gasteiger charge is 2.02. The molecular weight excluding hydrogens is 360 g/mol. The number of nitrogens with zero attached hydrogens (tertiary/aromatic N) is 1. The average molecular weight is 381 g/mol. The van der Waals surface area contributed by atoms with Crippen molar-refractivity contribution in [2.24, 2.45) is 4.99 Å². The molecular formula is C13H21FIN3O. The molecule has 0 heterocycles. The van der Waals surface area contributed by atoms with Crippen LogP contribution in [0.5, 0.6) is 5.75 Å². The van der Waals surface area contributed by atoms with E-state index in [1.54, 1.807) is 6.07 Å². The molecule has 0 amide bonds. The molecule has 0 saturated heterocycles. The molecule has 0 atom stereocenters. The van der Waals surface area contributed by atoms with E-state index in [4.69, 9.17) is 5.11 Å². The van der Waals surface area contributed by atoms with Crippen LogP contribution in [0.15, 0.2) is 23.2 Å². The van der Waals surface area contributed by atoms with Crippen LogP contribution in [0.2, 0.25) is 0 Å². The summed E-state index contributed by atoms with van der Waals surface area (Å²) in [7, 11) is 0. The maximum absolute atomic E-state index is 13.1. The molecule has 0 radical (unpaired) electrons. The van der Waals surface area contributed by atoms with Crippen LogP contribution in [0, 0.1) is 5.82 Å². The van der Waals surface area contributed by atoms with Crippen LogP contribution in [0.4, 0.5) is 4.39 Å². The average Bonchev–Trinajstić information content (AvgIpc) is 2.30. The van der Waals surface area contributed by atoms with Crippen LogP contribution < -0.4 is 10.6 Å². The summed E-state index contributed by atoms with van der Waals surface area (Å²) in [6, 6.07) is 4.56. The van der Waals surface area contributed by atoms with Gasteiger partial charge in [-0.25, -0.2) is 9.38 Å². The maximum atomic E-state index is 13.1. The summed E-state index contributed by atoms with van der Waals surface area (Å²) < 4.78 is 13.1. The van der Waals surface area contributed by atoms with E-state index in [0.29, 0.717) is 18.1 Å². The van der Waals surface area contributed by atoms with E-state index in [1.165, 1.54) is 12.1 Å². The van der Waals surface area contributed by atoms with Crippen molar-refractivity contribution >= 4 is 29.9 Å². The first-order chi connectivity index (χ1) is 8.52. The van der Waals surface area contributed by atoms with Gasteiger partial charge in [0.25, 0.3) is 0 Å². The fourth-order valence-electron chi connectivity index (χ4n) is 1.41. The number of guanidine groups is 1. The second-order valence-electron chi connectivity index (χ2n) is 4.28. The van der Waals surface area contributed by atoms with Gasteiger partial charge < -0.3 is 15.7 Å². The van der Waals surface area contributed by atoms with Gasteiger partial charge in [-0.15, -0.1) is 24.0 Å². The number of phenols is 1. The molecule has 0 spiro atoms. The van der Waals surface area contributed by atoms with Crippen molar-refractivity contribution in [1.29, 1.82) is 0 Å². The van der Waals surface area contributed by atoms with Gasteiger partial charge in [-0.2, -0.15) is 0 Å². The molecule has 3 N–H and O–H groups in total. The molecule has 0 aliphatic heterocycles. The Morgan fingerprint density at radius 1 is 1.42 bits per heavy atom. The van der Waals surface area contributed by atoms with Crippen LogP contribution in [0.1, 0.15) is 26.3 Å². The van der Waals surface area contributed by atoms with E-state index < -0.39 is 5.82 Å². The predicted molar refractivity (Wildman–Crippen MR) is 86.6 cm³/mol. The lowest BCUT2D eigenvalue weighted by Crippen LogP contribution is -2.40.